The van der Waals surface area contributed by atoms with Gasteiger partial charge < -0.3 is 10.5 Å². The predicted octanol–water partition coefficient (Wildman–Crippen LogP) is 3.97. The first-order chi connectivity index (χ1) is 8.83. The van der Waals surface area contributed by atoms with E-state index in [1.807, 2.05) is 37.3 Å². The van der Waals surface area contributed by atoms with Crippen molar-refractivity contribution < 1.29 is 4.74 Å². The Morgan fingerprint density at radius 3 is 1.94 bits per heavy atom. The van der Waals surface area contributed by atoms with E-state index in [0.29, 0.717) is 6.61 Å². The van der Waals surface area contributed by atoms with Gasteiger partial charge in [0.05, 0.1) is 12.3 Å². The molecule has 2 heteroatoms. The van der Waals surface area contributed by atoms with Crippen LogP contribution in [0.1, 0.15) is 6.92 Å². The maximum Gasteiger partial charge on any atom is 0.150 e. The van der Waals surface area contributed by atoms with Crippen LogP contribution >= 0.6 is 0 Å². The van der Waals surface area contributed by atoms with Crippen LogP contribution in [0.25, 0.3) is 21.5 Å². The second-order valence-electron chi connectivity index (χ2n) is 4.27. The number of anilines is 1. The third-order valence-corrected chi connectivity index (χ3v) is 3.21. The second-order valence-corrected chi connectivity index (χ2v) is 4.27. The zero-order valence-corrected chi connectivity index (χ0v) is 10.3. The van der Waals surface area contributed by atoms with Gasteiger partial charge in [-0.1, -0.05) is 48.5 Å². The molecule has 0 atom stereocenters. The number of fused-ring (bicyclic) bond motifs is 3. The molecule has 90 valence electrons. The molecule has 2 nitrogen and oxygen atoms in total. The summed E-state index contributed by atoms with van der Waals surface area (Å²) in [4.78, 5) is 0. The Kier molecular flexibility index (Phi) is 2.56. The molecule has 3 rings (SSSR count). The second kappa shape index (κ2) is 4.22. The maximum absolute atomic E-state index is 6.25. The fourth-order valence-electron chi connectivity index (χ4n) is 2.44. The summed E-state index contributed by atoms with van der Waals surface area (Å²) >= 11 is 0. The standard InChI is InChI=1S/C16H15NO/c1-2-18-16-14-10-6-4-8-12(14)11-7-3-5-9-13(11)15(16)17/h3-10H,2,17H2,1H3. The van der Waals surface area contributed by atoms with Crippen LogP contribution in [0.2, 0.25) is 0 Å². The van der Waals surface area contributed by atoms with E-state index in [2.05, 4.69) is 18.2 Å². The van der Waals surface area contributed by atoms with Crippen LogP contribution in [0.5, 0.6) is 5.75 Å². The Labute approximate surface area is 106 Å². The fourth-order valence-corrected chi connectivity index (χ4v) is 2.44. The summed E-state index contributed by atoms with van der Waals surface area (Å²) in [7, 11) is 0. The molecule has 0 fully saturated rings. The van der Waals surface area contributed by atoms with Gasteiger partial charge in [-0.25, -0.2) is 0 Å². The van der Waals surface area contributed by atoms with E-state index >= 15 is 0 Å². The summed E-state index contributed by atoms with van der Waals surface area (Å²) in [5, 5.41) is 4.50. The lowest BCUT2D eigenvalue weighted by atomic mass is 9.99. The first-order valence-corrected chi connectivity index (χ1v) is 6.14. The molecule has 3 aromatic carbocycles. The third-order valence-electron chi connectivity index (χ3n) is 3.21. The number of benzene rings is 3. The van der Waals surface area contributed by atoms with E-state index in [1.165, 1.54) is 10.8 Å². The van der Waals surface area contributed by atoms with Gasteiger partial charge in [-0.05, 0) is 17.7 Å². The fraction of sp³-hybridized carbons (Fsp3) is 0.125. The lowest BCUT2D eigenvalue weighted by molar-refractivity contribution is 0.346. The van der Waals surface area contributed by atoms with Crippen LogP contribution in [0.15, 0.2) is 48.5 Å². The monoisotopic (exact) mass is 237 g/mol. The van der Waals surface area contributed by atoms with Gasteiger partial charge in [0.1, 0.15) is 0 Å². The Balaban J connectivity index is 2.53. The predicted molar refractivity (Wildman–Crippen MR) is 77.0 cm³/mol. The normalized spacial score (nSPS) is 10.9. The van der Waals surface area contributed by atoms with Crippen LogP contribution in [-0.4, -0.2) is 6.61 Å². The molecule has 0 aromatic heterocycles. The van der Waals surface area contributed by atoms with Gasteiger partial charge in [-0.2, -0.15) is 0 Å². The topological polar surface area (TPSA) is 35.2 Å². The van der Waals surface area contributed by atoms with Gasteiger partial charge in [0.2, 0.25) is 0 Å². The first kappa shape index (κ1) is 10.9. The largest absolute Gasteiger partial charge is 0.491 e. The van der Waals surface area contributed by atoms with Crippen molar-refractivity contribution in [2.45, 2.75) is 6.92 Å². The lowest BCUT2D eigenvalue weighted by Gasteiger charge is -2.14. The summed E-state index contributed by atoms with van der Waals surface area (Å²) in [6.45, 7) is 2.59. The van der Waals surface area contributed by atoms with E-state index in [1.54, 1.807) is 0 Å². The summed E-state index contributed by atoms with van der Waals surface area (Å²) in [6.07, 6.45) is 0. The van der Waals surface area contributed by atoms with E-state index in [4.69, 9.17) is 10.5 Å². The number of ether oxygens (including phenoxy) is 1. The highest BCUT2D eigenvalue weighted by molar-refractivity contribution is 6.16. The Hall–Kier alpha value is -2.22. The number of hydrogen-bond acceptors (Lipinski definition) is 2. The van der Waals surface area contributed by atoms with Crippen molar-refractivity contribution in [2.24, 2.45) is 0 Å². The summed E-state index contributed by atoms with van der Waals surface area (Å²) in [6, 6.07) is 16.4. The van der Waals surface area contributed by atoms with Crippen LogP contribution in [0, 0.1) is 0 Å². The molecule has 0 unspecified atom stereocenters. The molecule has 0 radical (unpaired) electrons. The van der Waals surface area contributed by atoms with Crippen molar-refractivity contribution in [3.63, 3.8) is 0 Å². The van der Waals surface area contributed by atoms with E-state index in [-0.39, 0.29) is 0 Å². The minimum Gasteiger partial charge on any atom is -0.491 e. The minimum absolute atomic E-state index is 0.618. The van der Waals surface area contributed by atoms with Crippen molar-refractivity contribution in [3.8, 4) is 5.75 Å². The lowest BCUT2D eigenvalue weighted by Crippen LogP contribution is -1.99. The van der Waals surface area contributed by atoms with Crippen molar-refractivity contribution in [1.29, 1.82) is 0 Å². The number of rotatable bonds is 2. The summed E-state index contributed by atoms with van der Waals surface area (Å²) in [5.74, 6) is 0.798. The third kappa shape index (κ3) is 1.50. The quantitative estimate of drug-likeness (QED) is 0.540. The molecule has 0 bridgehead atoms. The molecular weight excluding hydrogens is 222 g/mol. The Bertz CT molecular complexity index is 719. The van der Waals surface area contributed by atoms with E-state index < -0.39 is 0 Å². The van der Waals surface area contributed by atoms with Crippen LogP contribution in [0.4, 0.5) is 5.69 Å². The highest BCUT2D eigenvalue weighted by Crippen LogP contribution is 2.39. The number of nitrogen functional groups attached to an aromatic ring is 1. The van der Waals surface area contributed by atoms with Gasteiger partial charge in [-0.3, -0.25) is 0 Å². The molecule has 0 aliphatic carbocycles. The van der Waals surface area contributed by atoms with E-state index in [0.717, 1.165) is 22.2 Å². The molecular formula is C16H15NO. The molecule has 0 saturated heterocycles. The molecule has 0 amide bonds. The summed E-state index contributed by atoms with van der Waals surface area (Å²) < 4.78 is 5.73. The van der Waals surface area contributed by atoms with Crippen molar-refractivity contribution >= 4 is 27.2 Å². The van der Waals surface area contributed by atoms with Gasteiger partial charge in [-0.15, -0.1) is 0 Å². The van der Waals surface area contributed by atoms with Crippen LogP contribution < -0.4 is 10.5 Å². The van der Waals surface area contributed by atoms with Crippen molar-refractivity contribution in [1.82, 2.24) is 0 Å². The van der Waals surface area contributed by atoms with Crippen LogP contribution in [-0.2, 0) is 0 Å². The molecule has 0 saturated carbocycles. The van der Waals surface area contributed by atoms with Crippen molar-refractivity contribution in [2.75, 3.05) is 12.3 Å². The number of hydrogen-bond donors (Lipinski definition) is 1. The first-order valence-electron chi connectivity index (χ1n) is 6.14. The maximum atomic E-state index is 6.25. The molecule has 18 heavy (non-hydrogen) atoms. The molecule has 0 heterocycles. The highest BCUT2D eigenvalue weighted by Gasteiger charge is 2.11. The Morgan fingerprint density at radius 2 is 1.33 bits per heavy atom. The molecule has 0 spiro atoms. The van der Waals surface area contributed by atoms with Crippen molar-refractivity contribution in [3.05, 3.63) is 48.5 Å². The highest BCUT2D eigenvalue weighted by atomic mass is 16.5. The van der Waals surface area contributed by atoms with Crippen LogP contribution in [0.3, 0.4) is 0 Å². The van der Waals surface area contributed by atoms with Gasteiger partial charge in [0.15, 0.2) is 5.75 Å². The van der Waals surface area contributed by atoms with E-state index in [9.17, 15) is 0 Å². The zero-order valence-electron chi connectivity index (χ0n) is 10.3. The van der Waals surface area contributed by atoms with Gasteiger partial charge in [0.25, 0.3) is 0 Å². The molecule has 0 aliphatic rings. The minimum atomic E-state index is 0.618. The smallest absolute Gasteiger partial charge is 0.150 e. The molecule has 0 aliphatic heterocycles. The molecule has 3 aromatic rings. The molecule has 2 N–H and O–H groups in total. The van der Waals surface area contributed by atoms with Gasteiger partial charge >= 0.3 is 0 Å². The van der Waals surface area contributed by atoms with Gasteiger partial charge in [0, 0.05) is 10.8 Å². The zero-order chi connectivity index (χ0) is 12.5. The average Bonchev–Trinajstić information content (AvgIpc) is 2.43. The Morgan fingerprint density at radius 1 is 0.833 bits per heavy atom. The number of nitrogens with two attached hydrogens (primary N) is 1. The summed E-state index contributed by atoms with van der Waals surface area (Å²) in [5.41, 5.74) is 6.97. The average molecular weight is 237 g/mol. The SMILES string of the molecule is CCOc1c(N)c2ccccc2c2ccccc12.